The molecule has 0 aliphatic rings. The van der Waals surface area contributed by atoms with Crippen molar-refractivity contribution in [3.8, 4) is 0 Å². The number of rotatable bonds is 4. The molecule has 6 heteroatoms. The highest BCUT2D eigenvalue weighted by Gasteiger charge is 2.23. The number of nitro benzene ring substituents is 1. The maximum absolute atomic E-state index is 12.2. The number of aryl methyl sites for hydroxylation is 1. The van der Waals surface area contributed by atoms with E-state index in [1.54, 1.807) is 38.1 Å². The van der Waals surface area contributed by atoms with Crippen LogP contribution in [0.1, 0.15) is 34.6 Å². The van der Waals surface area contributed by atoms with Gasteiger partial charge in [-0.2, -0.15) is 0 Å². The summed E-state index contributed by atoms with van der Waals surface area (Å²) < 4.78 is 5.18. The number of benzene rings is 1. The highest BCUT2D eigenvalue weighted by atomic mass is 16.6. The van der Waals surface area contributed by atoms with Crippen LogP contribution in [0.15, 0.2) is 41.0 Å². The predicted octanol–water partition coefficient (Wildman–Crippen LogP) is 2.99. The molecule has 2 rings (SSSR count). The Balaban J connectivity index is 2.26. The van der Waals surface area contributed by atoms with Crippen molar-refractivity contribution in [3.05, 3.63) is 63.6 Å². The molecular formula is C14H14N2O4. The van der Waals surface area contributed by atoms with Crippen LogP contribution in [0.25, 0.3) is 0 Å². The average Bonchev–Trinajstić information content (AvgIpc) is 2.91. The molecule has 6 nitrogen and oxygen atoms in total. The lowest BCUT2D eigenvalue weighted by Crippen LogP contribution is -2.27. The van der Waals surface area contributed by atoms with E-state index in [0.29, 0.717) is 11.3 Å². The Kier molecular flexibility index (Phi) is 3.84. The largest absolute Gasteiger partial charge is 0.467 e. The lowest BCUT2D eigenvalue weighted by atomic mass is 10.1. The zero-order valence-electron chi connectivity index (χ0n) is 11.1. The van der Waals surface area contributed by atoms with Crippen molar-refractivity contribution in [1.29, 1.82) is 0 Å². The third kappa shape index (κ3) is 2.69. The molecule has 0 aliphatic heterocycles. The molecule has 1 amide bonds. The van der Waals surface area contributed by atoms with E-state index in [2.05, 4.69) is 5.32 Å². The second-order valence-corrected chi connectivity index (χ2v) is 4.44. The standard InChI is InChI=1S/C14H14N2O4/c1-9-5-3-6-11(13(9)16(18)19)14(17)15-10(2)12-7-4-8-20-12/h3-8,10H,1-2H3,(H,15,17)/t10-/m0/s1. The number of furan rings is 1. The maximum atomic E-state index is 12.2. The summed E-state index contributed by atoms with van der Waals surface area (Å²) in [5.41, 5.74) is 0.332. The van der Waals surface area contributed by atoms with Gasteiger partial charge in [0.2, 0.25) is 0 Å². The van der Waals surface area contributed by atoms with Crippen LogP contribution in [0.3, 0.4) is 0 Å². The molecule has 0 spiro atoms. The molecule has 1 N–H and O–H groups in total. The van der Waals surface area contributed by atoms with Crippen LogP contribution < -0.4 is 5.32 Å². The van der Waals surface area contributed by atoms with E-state index in [1.807, 2.05) is 0 Å². The van der Waals surface area contributed by atoms with E-state index >= 15 is 0 Å². The van der Waals surface area contributed by atoms with Crippen LogP contribution in [0.5, 0.6) is 0 Å². The predicted molar refractivity (Wildman–Crippen MR) is 72.4 cm³/mol. The summed E-state index contributed by atoms with van der Waals surface area (Å²) in [6, 6.07) is 7.75. The van der Waals surface area contributed by atoms with Gasteiger partial charge >= 0.3 is 0 Å². The van der Waals surface area contributed by atoms with Crippen LogP contribution >= 0.6 is 0 Å². The van der Waals surface area contributed by atoms with Gasteiger partial charge in [-0.25, -0.2) is 0 Å². The van der Waals surface area contributed by atoms with Crippen LogP contribution in [0.2, 0.25) is 0 Å². The Morgan fingerprint density at radius 2 is 2.10 bits per heavy atom. The number of carbonyl (C=O) groups is 1. The molecule has 0 bridgehead atoms. The molecule has 1 aromatic heterocycles. The maximum Gasteiger partial charge on any atom is 0.285 e. The SMILES string of the molecule is Cc1cccc(C(=O)N[C@@H](C)c2ccco2)c1[N+](=O)[O-]. The molecule has 104 valence electrons. The van der Waals surface area contributed by atoms with Gasteiger partial charge in [0, 0.05) is 5.56 Å². The molecule has 0 saturated heterocycles. The zero-order valence-corrected chi connectivity index (χ0v) is 11.1. The van der Waals surface area contributed by atoms with Crippen molar-refractivity contribution in [3.63, 3.8) is 0 Å². The second kappa shape index (κ2) is 5.56. The van der Waals surface area contributed by atoms with E-state index in [1.165, 1.54) is 12.3 Å². The Hall–Kier alpha value is -2.63. The smallest absolute Gasteiger partial charge is 0.285 e. The topological polar surface area (TPSA) is 85.4 Å². The van der Waals surface area contributed by atoms with Gasteiger partial charge in [0.05, 0.1) is 17.2 Å². The van der Waals surface area contributed by atoms with E-state index in [9.17, 15) is 14.9 Å². The summed E-state index contributed by atoms with van der Waals surface area (Å²) in [4.78, 5) is 22.7. The van der Waals surface area contributed by atoms with E-state index < -0.39 is 10.8 Å². The summed E-state index contributed by atoms with van der Waals surface area (Å²) >= 11 is 0. The first-order valence-electron chi connectivity index (χ1n) is 6.09. The summed E-state index contributed by atoms with van der Waals surface area (Å²) in [6.45, 7) is 3.35. The number of hydrogen-bond donors (Lipinski definition) is 1. The second-order valence-electron chi connectivity index (χ2n) is 4.44. The lowest BCUT2D eigenvalue weighted by Gasteiger charge is -2.12. The van der Waals surface area contributed by atoms with Crippen molar-refractivity contribution in [2.75, 3.05) is 0 Å². The Bertz CT molecular complexity index is 635. The minimum atomic E-state index is -0.540. The first kappa shape index (κ1) is 13.8. The van der Waals surface area contributed by atoms with Gasteiger partial charge in [0.15, 0.2) is 0 Å². The molecule has 0 saturated carbocycles. The molecule has 0 radical (unpaired) electrons. The first-order chi connectivity index (χ1) is 9.50. The van der Waals surface area contributed by atoms with Gasteiger partial charge < -0.3 is 9.73 Å². The zero-order chi connectivity index (χ0) is 14.7. The summed E-state index contributed by atoms with van der Waals surface area (Å²) in [6.07, 6.45) is 1.51. The Morgan fingerprint density at radius 3 is 2.70 bits per heavy atom. The van der Waals surface area contributed by atoms with Crippen LogP contribution in [-0.4, -0.2) is 10.8 Å². The number of nitro groups is 1. The quantitative estimate of drug-likeness (QED) is 0.686. The third-order valence-electron chi connectivity index (χ3n) is 2.98. The highest BCUT2D eigenvalue weighted by molar-refractivity contribution is 5.98. The molecule has 0 fully saturated rings. The van der Waals surface area contributed by atoms with Crippen molar-refractivity contribution < 1.29 is 14.1 Å². The van der Waals surface area contributed by atoms with Gasteiger partial charge in [-0.3, -0.25) is 14.9 Å². The number of amides is 1. The number of hydrogen-bond acceptors (Lipinski definition) is 4. The van der Waals surface area contributed by atoms with Crippen LogP contribution in [0, 0.1) is 17.0 Å². The Morgan fingerprint density at radius 1 is 1.35 bits per heavy atom. The third-order valence-corrected chi connectivity index (χ3v) is 2.98. The van der Waals surface area contributed by atoms with Gasteiger partial charge in [0.1, 0.15) is 11.3 Å². The molecule has 0 unspecified atom stereocenters. The van der Waals surface area contributed by atoms with E-state index in [4.69, 9.17) is 4.42 Å². The van der Waals surface area contributed by atoms with Gasteiger partial charge in [0.25, 0.3) is 11.6 Å². The number of nitrogens with zero attached hydrogens (tertiary/aromatic N) is 1. The van der Waals surface area contributed by atoms with Crippen LogP contribution in [0.4, 0.5) is 5.69 Å². The fraction of sp³-hybridized carbons (Fsp3) is 0.214. The minimum Gasteiger partial charge on any atom is -0.467 e. The number of carbonyl (C=O) groups excluding carboxylic acids is 1. The normalized spacial score (nSPS) is 11.9. The first-order valence-corrected chi connectivity index (χ1v) is 6.09. The molecule has 20 heavy (non-hydrogen) atoms. The Labute approximate surface area is 115 Å². The molecule has 1 heterocycles. The van der Waals surface area contributed by atoms with Crippen molar-refractivity contribution in [1.82, 2.24) is 5.32 Å². The summed E-state index contributed by atoms with van der Waals surface area (Å²) in [5, 5.41) is 13.8. The summed E-state index contributed by atoms with van der Waals surface area (Å²) in [5.74, 6) is 0.0953. The molecule has 1 aromatic carbocycles. The monoisotopic (exact) mass is 274 g/mol. The van der Waals surface area contributed by atoms with Crippen molar-refractivity contribution in [2.45, 2.75) is 19.9 Å². The summed E-state index contributed by atoms with van der Waals surface area (Å²) in [7, 11) is 0. The molecule has 1 atom stereocenters. The van der Waals surface area contributed by atoms with Gasteiger partial charge in [-0.15, -0.1) is 0 Å². The van der Waals surface area contributed by atoms with Crippen LogP contribution in [-0.2, 0) is 0 Å². The fourth-order valence-electron chi connectivity index (χ4n) is 1.97. The lowest BCUT2D eigenvalue weighted by molar-refractivity contribution is -0.385. The average molecular weight is 274 g/mol. The number of para-hydroxylation sites is 1. The highest BCUT2D eigenvalue weighted by Crippen LogP contribution is 2.24. The number of nitrogens with one attached hydrogen (secondary N) is 1. The molecular weight excluding hydrogens is 260 g/mol. The molecule has 0 aliphatic carbocycles. The molecule has 2 aromatic rings. The van der Waals surface area contributed by atoms with Crippen molar-refractivity contribution in [2.24, 2.45) is 0 Å². The fourth-order valence-corrected chi connectivity index (χ4v) is 1.97. The van der Waals surface area contributed by atoms with Crippen molar-refractivity contribution >= 4 is 11.6 Å². The van der Waals surface area contributed by atoms with Gasteiger partial charge in [-0.05, 0) is 32.0 Å². The minimum absolute atomic E-state index is 0.0495. The van der Waals surface area contributed by atoms with E-state index in [-0.39, 0.29) is 17.3 Å². The van der Waals surface area contributed by atoms with Gasteiger partial charge in [-0.1, -0.05) is 12.1 Å². The van der Waals surface area contributed by atoms with E-state index in [0.717, 1.165) is 0 Å².